The Morgan fingerprint density at radius 2 is 1.91 bits per heavy atom. The lowest BCUT2D eigenvalue weighted by Crippen LogP contribution is -2.47. The summed E-state index contributed by atoms with van der Waals surface area (Å²) in [4.78, 5) is 18.2. The minimum Gasteiger partial charge on any atom is -0.434 e. The van der Waals surface area contributed by atoms with Crippen LogP contribution in [0.4, 0.5) is 19.3 Å². The van der Waals surface area contributed by atoms with Gasteiger partial charge in [0.25, 0.3) is 0 Å². The molecular formula is C21H27F2N5O4S. The molecule has 3 rings (SSSR count). The number of urea groups is 1. The summed E-state index contributed by atoms with van der Waals surface area (Å²) in [5, 5.41) is 5.40. The minimum atomic E-state index is -3.26. The van der Waals surface area contributed by atoms with Gasteiger partial charge in [0, 0.05) is 50.5 Å². The maximum absolute atomic E-state index is 12.9. The van der Waals surface area contributed by atoms with Crippen LogP contribution in [-0.4, -0.2) is 67.7 Å². The van der Waals surface area contributed by atoms with Crippen LogP contribution in [0.1, 0.15) is 16.8 Å². The number of hydrogen-bond donors (Lipinski definition) is 2. The van der Waals surface area contributed by atoms with Gasteiger partial charge in [-0.15, -0.1) is 0 Å². The molecule has 0 unspecified atom stereocenters. The summed E-state index contributed by atoms with van der Waals surface area (Å²) < 4.78 is 55.2. The molecule has 1 aromatic heterocycles. The molecule has 12 heteroatoms. The van der Waals surface area contributed by atoms with Crippen molar-refractivity contribution in [3.05, 3.63) is 53.3 Å². The fourth-order valence-corrected chi connectivity index (χ4v) is 4.26. The van der Waals surface area contributed by atoms with Crippen molar-refractivity contribution in [1.82, 2.24) is 19.5 Å². The molecule has 2 amide bonds. The van der Waals surface area contributed by atoms with Gasteiger partial charge in [-0.3, -0.25) is 9.88 Å². The number of ether oxygens (including phenoxy) is 1. The highest BCUT2D eigenvalue weighted by molar-refractivity contribution is 7.88. The Balaban J connectivity index is 1.63. The third-order valence-electron chi connectivity index (χ3n) is 5.16. The molecule has 180 valence electrons. The van der Waals surface area contributed by atoms with E-state index in [1.54, 1.807) is 30.5 Å². The molecule has 1 aliphatic rings. The standard InChI is InChI=1S/C21H27F2N5O4S/c1-15-3-5-18(13-24-15)26-21(29)25-12-16-4-6-19(32-20(22)23)17(11-16)14-27-7-9-28(10-8-27)33(2,30)31/h3-6,11,13,20H,7-10,12,14H2,1-2H3,(H2,25,26,29). The number of carbonyl (C=O) groups excluding carboxylic acids is 1. The summed E-state index contributed by atoms with van der Waals surface area (Å²) >= 11 is 0. The molecule has 1 aromatic carbocycles. The highest BCUT2D eigenvalue weighted by atomic mass is 32.2. The molecule has 0 saturated carbocycles. The summed E-state index contributed by atoms with van der Waals surface area (Å²) in [6.07, 6.45) is 2.71. The van der Waals surface area contributed by atoms with Gasteiger partial charge >= 0.3 is 12.6 Å². The number of aromatic nitrogens is 1. The molecule has 1 aliphatic heterocycles. The maximum atomic E-state index is 12.9. The Labute approximate surface area is 191 Å². The van der Waals surface area contributed by atoms with E-state index in [4.69, 9.17) is 0 Å². The zero-order chi connectivity index (χ0) is 24.0. The van der Waals surface area contributed by atoms with Gasteiger partial charge in [0.2, 0.25) is 10.0 Å². The first-order valence-electron chi connectivity index (χ1n) is 10.3. The average molecular weight is 484 g/mol. The van der Waals surface area contributed by atoms with Crippen molar-refractivity contribution in [3.8, 4) is 5.75 Å². The Morgan fingerprint density at radius 3 is 2.52 bits per heavy atom. The van der Waals surface area contributed by atoms with E-state index in [1.807, 2.05) is 11.8 Å². The number of rotatable bonds is 8. The second kappa shape index (κ2) is 10.9. The second-order valence-electron chi connectivity index (χ2n) is 7.75. The molecule has 0 spiro atoms. The number of benzene rings is 1. The molecule has 1 fully saturated rings. The normalized spacial score (nSPS) is 15.4. The smallest absolute Gasteiger partial charge is 0.387 e. The van der Waals surface area contributed by atoms with Gasteiger partial charge in [-0.1, -0.05) is 6.07 Å². The van der Waals surface area contributed by atoms with Crippen molar-refractivity contribution in [2.45, 2.75) is 26.6 Å². The van der Waals surface area contributed by atoms with Crippen LogP contribution in [0, 0.1) is 6.92 Å². The number of pyridine rings is 1. The summed E-state index contributed by atoms with van der Waals surface area (Å²) in [7, 11) is -3.26. The molecule has 2 aromatic rings. The number of aryl methyl sites for hydroxylation is 1. The van der Waals surface area contributed by atoms with Crippen molar-refractivity contribution in [1.29, 1.82) is 0 Å². The van der Waals surface area contributed by atoms with E-state index in [9.17, 15) is 22.0 Å². The number of amides is 2. The van der Waals surface area contributed by atoms with Crippen LogP contribution >= 0.6 is 0 Å². The van der Waals surface area contributed by atoms with Crippen molar-refractivity contribution < 1.29 is 26.7 Å². The van der Waals surface area contributed by atoms with Gasteiger partial charge in [-0.25, -0.2) is 13.2 Å². The zero-order valence-electron chi connectivity index (χ0n) is 18.4. The Morgan fingerprint density at radius 1 is 1.18 bits per heavy atom. The molecule has 0 aliphatic carbocycles. The number of alkyl halides is 2. The summed E-state index contributed by atoms with van der Waals surface area (Å²) in [6.45, 7) is 0.965. The van der Waals surface area contributed by atoms with Gasteiger partial charge in [0.05, 0.1) is 18.1 Å². The first-order valence-corrected chi connectivity index (χ1v) is 12.2. The van der Waals surface area contributed by atoms with Crippen molar-refractivity contribution in [2.75, 3.05) is 37.8 Å². The number of anilines is 1. The van der Waals surface area contributed by atoms with E-state index in [-0.39, 0.29) is 12.3 Å². The Kier molecular flexibility index (Phi) is 8.16. The quantitative estimate of drug-likeness (QED) is 0.598. The predicted molar refractivity (Wildman–Crippen MR) is 120 cm³/mol. The fraction of sp³-hybridized carbons (Fsp3) is 0.429. The lowest BCUT2D eigenvalue weighted by molar-refractivity contribution is -0.0508. The third kappa shape index (κ3) is 7.62. The fourth-order valence-electron chi connectivity index (χ4n) is 3.44. The average Bonchev–Trinajstić information content (AvgIpc) is 2.75. The molecule has 0 bridgehead atoms. The van der Waals surface area contributed by atoms with E-state index >= 15 is 0 Å². The van der Waals surface area contributed by atoms with Gasteiger partial charge in [0.15, 0.2) is 0 Å². The number of carbonyl (C=O) groups is 1. The highest BCUT2D eigenvalue weighted by Crippen LogP contribution is 2.25. The topological polar surface area (TPSA) is 104 Å². The predicted octanol–water partition coefficient (Wildman–Crippen LogP) is 2.39. The molecule has 0 atom stereocenters. The molecule has 33 heavy (non-hydrogen) atoms. The number of piperazine rings is 1. The summed E-state index contributed by atoms with van der Waals surface area (Å²) in [5.74, 6) is 0.0504. The molecule has 2 N–H and O–H groups in total. The molecule has 0 radical (unpaired) electrons. The second-order valence-corrected chi connectivity index (χ2v) is 9.74. The minimum absolute atomic E-state index is 0.0504. The van der Waals surface area contributed by atoms with E-state index < -0.39 is 22.7 Å². The zero-order valence-corrected chi connectivity index (χ0v) is 19.2. The van der Waals surface area contributed by atoms with Crippen LogP contribution in [0.2, 0.25) is 0 Å². The first kappa shape index (κ1) is 24.8. The van der Waals surface area contributed by atoms with Gasteiger partial charge < -0.3 is 15.4 Å². The lowest BCUT2D eigenvalue weighted by atomic mass is 10.1. The third-order valence-corrected chi connectivity index (χ3v) is 6.46. The van der Waals surface area contributed by atoms with Crippen molar-refractivity contribution in [3.63, 3.8) is 0 Å². The van der Waals surface area contributed by atoms with Crippen LogP contribution in [0.25, 0.3) is 0 Å². The number of nitrogens with one attached hydrogen (secondary N) is 2. The van der Waals surface area contributed by atoms with Crippen molar-refractivity contribution >= 4 is 21.7 Å². The SMILES string of the molecule is Cc1ccc(NC(=O)NCc2ccc(OC(F)F)c(CN3CCN(S(C)(=O)=O)CC3)c2)cn1. The van der Waals surface area contributed by atoms with E-state index in [2.05, 4.69) is 20.4 Å². The monoisotopic (exact) mass is 483 g/mol. The summed E-state index contributed by atoms with van der Waals surface area (Å²) in [5.41, 5.74) is 2.62. The first-order chi connectivity index (χ1) is 15.6. The van der Waals surface area contributed by atoms with Crippen molar-refractivity contribution in [2.24, 2.45) is 0 Å². The number of sulfonamides is 1. The largest absolute Gasteiger partial charge is 0.434 e. The van der Waals surface area contributed by atoms with Gasteiger partial charge in [-0.05, 0) is 36.8 Å². The molecule has 2 heterocycles. The molecule has 1 saturated heterocycles. The van der Waals surface area contributed by atoms with E-state index in [0.29, 0.717) is 49.5 Å². The van der Waals surface area contributed by atoms with Crippen LogP contribution in [0.5, 0.6) is 5.75 Å². The summed E-state index contributed by atoms with van der Waals surface area (Å²) in [6, 6.07) is 7.85. The number of halogens is 2. The van der Waals surface area contributed by atoms with Crippen LogP contribution < -0.4 is 15.4 Å². The number of nitrogens with zero attached hydrogens (tertiary/aromatic N) is 3. The number of hydrogen-bond acceptors (Lipinski definition) is 6. The van der Waals surface area contributed by atoms with Gasteiger partial charge in [0.1, 0.15) is 5.75 Å². The Hall–Kier alpha value is -2.83. The molecular weight excluding hydrogens is 456 g/mol. The van der Waals surface area contributed by atoms with Crippen LogP contribution in [-0.2, 0) is 23.1 Å². The lowest BCUT2D eigenvalue weighted by Gasteiger charge is -2.33. The van der Waals surface area contributed by atoms with E-state index in [0.717, 1.165) is 5.69 Å². The van der Waals surface area contributed by atoms with E-state index in [1.165, 1.54) is 16.6 Å². The maximum Gasteiger partial charge on any atom is 0.387 e. The van der Waals surface area contributed by atoms with Crippen LogP contribution in [0.15, 0.2) is 36.5 Å². The van der Waals surface area contributed by atoms with Gasteiger partial charge in [-0.2, -0.15) is 13.1 Å². The highest BCUT2D eigenvalue weighted by Gasteiger charge is 2.24. The Bertz CT molecular complexity index is 1060. The van der Waals surface area contributed by atoms with Crippen LogP contribution in [0.3, 0.4) is 0 Å². The molecule has 9 nitrogen and oxygen atoms in total.